The van der Waals surface area contributed by atoms with Crippen molar-refractivity contribution in [3.63, 3.8) is 0 Å². The molecule has 0 amide bonds. The van der Waals surface area contributed by atoms with Gasteiger partial charge in [-0.15, -0.1) is 0 Å². The van der Waals surface area contributed by atoms with Gasteiger partial charge < -0.3 is 11.1 Å². The van der Waals surface area contributed by atoms with Crippen LogP contribution >= 0.6 is 11.6 Å². The van der Waals surface area contributed by atoms with Gasteiger partial charge in [0.05, 0.1) is 10.7 Å². The lowest BCUT2D eigenvalue weighted by Gasteiger charge is -2.10. The minimum absolute atomic E-state index is 0.360. The fourth-order valence-corrected chi connectivity index (χ4v) is 1.19. The summed E-state index contributed by atoms with van der Waals surface area (Å²) in [6, 6.07) is 4.02. The summed E-state index contributed by atoms with van der Waals surface area (Å²) in [4.78, 5) is 4.26. The van der Waals surface area contributed by atoms with Crippen molar-refractivity contribution in [3.8, 4) is 0 Å². The van der Waals surface area contributed by atoms with Crippen molar-refractivity contribution in [3.05, 3.63) is 22.8 Å². The van der Waals surface area contributed by atoms with Crippen LogP contribution in [0.25, 0.3) is 0 Å². The van der Waals surface area contributed by atoms with Gasteiger partial charge in [-0.1, -0.05) is 11.6 Å². The molecule has 0 bridgehead atoms. The van der Waals surface area contributed by atoms with Crippen molar-refractivity contribution in [2.75, 3.05) is 5.32 Å². The molecule has 1 rings (SSSR count). The molecule has 0 aliphatic heterocycles. The molecule has 0 aliphatic carbocycles. The van der Waals surface area contributed by atoms with E-state index in [0.29, 0.717) is 17.6 Å². The van der Waals surface area contributed by atoms with Crippen molar-refractivity contribution in [1.82, 2.24) is 4.98 Å². The SMILES string of the molecule is CC(C)Nc1ccc(Cl)c(CN)n1. The highest BCUT2D eigenvalue weighted by atomic mass is 35.5. The number of anilines is 1. The van der Waals surface area contributed by atoms with Crippen molar-refractivity contribution >= 4 is 17.4 Å². The molecule has 1 aromatic heterocycles. The zero-order chi connectivity index (χ0) is 9.84. The highest BCUT2D eigenvalue weighted by Crippen LogP contribution is 2.16. The minimum Gasteiger partial charge on any atom is -0.368 e. The predicted octanol–water partition coefficient (Wildman–Crippen LogP) is 2.01. The number of halogens is 1. The zero-order valence-electron chi connectivity index (χ0n) is 7.84. The van der Waals surface area contributed by atoms with Gasteiger partial charge in [0.25, 0.3) is 0 Å². The molecule has 1 heterocycles. The number of aromatic nitrogens is 1. The van der Waals surface area contributed by atoms with E-state index >= 15 is 0 Å². The first-order chi connectivity index (χ1) is 6.13. The first-order valence-corrected chi connectivity index (χ1v) is 4.63. The van der Waals surface area contributed by atoms with E-state index in [4.69, 9.17) is 17.3 Å². The highest BCUT2D eigenvalue weighted by Gasteiger charge is 2.02. The van der Waals surface area contributed by atoms with Gasteiger partial charge in [-0.05, 0) is 26.0 Å². The first-order valence-electron chi connectivity index (χ1n) is 4.25. The summed E-state index contributed by atoms with van der Waals surface area (Å²) < 4.78 is 0. The van der Waals surface area contributed by atoms with Crippen LogP contribution in [0, 0.1) is 0 Å². The number of hydrogen-bond acceptors (Lipinski definition) is 3. The molecule has 3 N–H and O–H groups in total. The summed E-state index contributed by atoms with van der Waals surface area (Å²) in [7, 11) is 0. The Hall–Kier alpha value is -0.800. The number of nitrogens with zero attached hydrogens (tertiary/aromatic N) is 1. The molecule has 72 valence electrons. The summed E-state index contributed by atoms with van der Waals surface area (Å²) in [6.45, 7) is 4.48. The number of pyridine rings is 1. The molecule has 0 aromatic carbocycles. The standard InChI is InChI=1S/C9H14ClN3/c1-6(2)12-9-4-3-7(10)8(5-11)13-9/h3-4,6H,5,11H2,1-2H3,(H,12,13). The lowest BCUT2D eigenvalue weighted by molar-refractivity contribution is 0.880. The third-order valence-electron chi connectivity index (χ3n) is 1.55. The lowest BCUT2D eigenvalue weighted by atomic mass is 10.3. The molecule has 0 aliphatic rings. The Kier molecular flexibility index (Phi) is 3.51. The third kappa shape index (κ3) is 2.86. The predicted molar refractivity (Wildman–Crippen MR) is 55.9 cm³/mol. The van der Waals surface area contributed by atoms with Gasteiger partial charge in [0.15, 0.2) is 0 Å². The molecule has 0 saturated carbocycles. The minimum atomic E-state index is 0.360. The smallest absolute Gasteiger partial charge is 0.126 e. The van der Waals surface area contributed by atoms with Crippen LogP contribution in [0.2, 0.25) is 5.02 Å². The fraction of sp³-hybridized carbons (Fsp3) is 0.444. The Balaban J connectivity index is 2.86. The second-order valence-electron chi connectivity index (χ2n) is 3.13. The molecule has 0 radical (unpaired) electrons. The van der Waals surface area contributed by atoms with Crippen LogP contribution in [0.5, 0.6) is 0 Å². The summed E-state index contributed by atoms with van der Waals surface area (Å²) in [5, 5.41) is 3.80. The quantitative estimate of drug-likeness (QED) is 0.783. The summed E-state index contributed by atoms with van der Waals surface area (Å²) in [5.41, 5.74) is 6.20. The molecular formula is C9H14ClN3. The average Bonchev–Trinajstić information content (AvgIpc) is 2.07. The van der Waals surface area contributed by atoms with Crippen molar-refractivity contribution < 1.29 is 0 Å². The van der Waals surface area contributed by atoms with Crippen LogP contribution in [0.4, 0.5) is 5.82 Å². The summed E-state index contributed by atoms with van der Waals surface area (Å²) in [5.74, 6) is 0.819. The van der Waals surface area contributed by atoms with E-state index < -0.39 is 0 Å². The van der Waals surface area contributed by atoms with E-state index in [1.54, 1.807) is 0 Å². The zero-order valence-corrected chi connectivity index (χ0v) is 8.60. The van der Waals surface area contributed by atoms with Gasteiger partial charge in [0, 0.05) is 12.6 Å². The van der Waals surface area contributed by atoms with Crippen LogP contribution in [0.1, 0.15) is 19.5 Å². The first kappa shape index (κ1) is 10.3. The monoisotopic (exact) mass is 199 g/mol. The van der Waals surface area contributed by atoms with Crippen LogP contribution in [-0.2, 0) is 6.54 Å². The normalized spacial score (nSPS) is 10.5. The van der Waals surface area contributed by atoms with Gasteiger partial charge in [0.2, 0.25) is 0 Å². The van der Waals surface area contributed by atoms with Gasteiger partial charge in [-0.3, -0.25) is 0 Å². The van der Waals surface area contributed by atoms with Gasteiger partial charge in [-0.25, -0.2) is 4.98 Å². The maximum Gasteiger partial charge on any atom is 0.126 e. The van der Waals surface area contributed by atoms with Crippen molar-refractivity contribution in [1.29, 1.82) is 0 Å². The van der Waals surface area contributed by atoms with Crippen molar-refractivity contribution in [2.45, 2.75) is 26.4 Å². The number of rotatable bonds is 3. The van der Waals surface area contributed by atoms with Crippen LogP contribution in [0.3, 0.4) is 0 Å². The molecule has 13 heavy (non-hydrogen) atoms. The summed E-state index contributed by atoms with van der Waals surface area (Å²) >= 11 is 5.86. The highest BCUT2D eigenvalue weighted by molar-refractivity contribution is 6.31. The molecule has 0 unspecified atom stereocenters. The molecule has 0 atom stereocenters. The van der Waals surface area contributed by atoms with E-state index in [0.717, 1.165) is 11.5 Å². The topological polar surface area (TPSA) is 50.9 Å². The maximum atomic E-state index is 5.86. The van der Waals surface area contributed by atoms with Crippen LogP contribution in [-0.4, -0.2) is 11.0 Å². The molecular weight excluding hydrogens is 186 g/mol. The Labute approximate surface area is 83.3 Å². The molecule has 3 nitrogen and oxygen atoms in total. The fourth-order valence-electron chi connectivity index (χ4n) is 1.00. The second kappa shape index (κ2) is 4.44. The molecule has 0 spiro atoms. The lowest BCUT2D eigenvalue weighted by Crippen LogP contribution is -2.12. The molecule has 1 aromatic rings. The Morgan fingerprint density at radius 2 is 2.23 bits per heavy atom. The van der Waals surface area contributed by atoms with E-state index in [1.807, 2.05) is 12.1 Å². The molecule has 4 heteroatoms. The molecule has 0 saturated heterocycles. The van der Waals surface area contributed by atoms with E-state index in [-0.39, 0.29) is 0 Å². The maximum absolute atomic E-state index is 5.86. The Morgan fingerprint density at radius 1 is 1.54 bits per heavy atom. The van der Waals surface area contributed by atoms with E-state index in [9.17, 15) is 0 Å². The van der Waals surface area contributed by atoms with E-state index in [1.165, 1.54) is 0 Å². The van der Waals surface area contributed by atoms with Crippen LogP contribution in [0.15, 0.2) is 12.1 Å². The third-order valence-corrected chi connectivity index (χ3v) is 1.89. The van der Waals surface area contributed by atoms with Gasteiger partial charge in [-0.2, -0.15) is 0 Å². The number of nitrogens with one attached hydrogen (secondary N) is 1. The largest absolute Gasteiger partial charge is 0.368 e. The van der Waals surface area contributed by atoms with Crippen molar-refractivity contribution in [2.24, 2.45) is 5.73 Å². The number of hydrogen-bond donors (Lipinski definition) is 2. The van der Waals surface area contributed by atoms with E-state index in [2.05, 4.69) is 24.1 Å². The number of nitrogens with two attached hydrogens (primary N) is 1. The Morgan fingerprint density at radius 3 is 2.77 bits per heavy atom. The summed E-state index contributed by atoms with van der Waals surface area (Å²) in [6.07, 6.45) is 0. The Bertz CT molecular complexity index is 286. The average molecular weight is 200 g/mol. The van der Waals surface area contributed by atoms with Crippen LogP contribution < -0.4 is 11.1 Å². The second-order valence-corrected chi connectivity index (χ2v) is 3.54. The molecule has 0 fully saturated rings. The van der Waals surface area contributed by atoms with Gasteiger partial charge >= 0.3 is 0 Å². The van der Waals surface area contributed by atoms with Gasteiger partial charge in [0.1, 0.15) is 5.82 Å².